The molecular weight excluding hydrogens is 462 g/mol. The molecule has 0 aliphatic rings. The van der Waals surface area contributed by atoms with Gasteiger partial charge in [-0.25, -0.2) is 4.98 Å². The predicted molar refractivity (Wildman–Crippen MR) is 126 cm³/mol. The number of anilines is 1. The molecule has 1 amide bonds. The van der Waals surface area contributed by atoms with E-state index in [-0.39, 0.29) is 12.2 Å². The molecule has 0 aliphatic heterocycles. The summed E-state index contributed by atoms with van der Waals surface area (Å²) in [4.78, 5) is 30.9. The normalized spacial score (nSPS) is 11.2. The minimum absolute atomic E-state index is 0.254. The summed E-state index contributed by atoms with van der Waals surface area (Å²) in [5.41, 5.74) is 7.09. The van der Waals surface area contributed by atoms with Crippen LogP contribution in [0.4, 0.5) is 5.69 Å². The summed E-state index contributed by atoms with van der Waals surface area (Å²) < 4.78 is 7.68. The molecule has 0 atom stereocenters. The van der Waals surface area contributed by atoms with Gasteiger partial charge in [0.1, 0.15) is 11.6 Å². The van der Waals surface area contributed by atoms with Crippen LogP contribution in [-0.2, 0) is 11.2 Å². The second-order valence-corrected chi connectivity index (χ2v) is 8.09. The van der Waals surface area contributed by atoms with Crippen LogP contribution in [0.5, 0.6) is 5.75 Å². The molecule has 0 saturated heterocycles. The molecule has 2 N–H and O–H groups in total. The Morgan fingerprint density at radius 2 is 2.06 bits per heavy atom. The molecule has 3 rings (SSSR count). The highest BCUT2D eigenvalue weighted by molar-refractivity contribution is 9.10. The first-order chi connectivity index (χ1) is 14.8. The minimum atomic E-state index is -0.580. The van der Waals surface area contributed by atoms with Crippen molar-refractivity contribution in [3.8, 4) is 5.75 Å². The van der Waals surface area contributed by atoms with Crippen LogP contribution in [0.1, 0.15) is 24.7 Å². The molecule has 1 aromatic heterocycles. The highest BCUT2D eigenvalue weighted by Crippen LogP contribution is 2.24. The SMILES string of the molecule is CCCc1nc2ccc(Br)cc2c(=O)n1N=Cc1ccc(N(C)C)cc1OCC(N)=O. The first kappa shape index (κ1) is 22.5. The summed E-state index contributed by atoms with van der Waals surface area (Å²) in [7, 11) is 3.80. The number of fused-ring (bicyclic) bond motifs is 1. The Hall–Kier alpha value is -3.20. The van der Waals surface area contributed by atoms with Crippen molar-refractivity contribution in [3.05, 3.63) is 62.6 Å². The van der Waals surface area contributed by atoms with Crippen molar-refractivity contribution in [1.29, 1.82) is 0 Å². The third-order valence-corrected chi connectivity index (χ3v) is 5.04. The number of rotatable bonds is 8. The number of nitrogens with zero attached hydrogens (tertiary/aromatic N) is 4. The molecule has 0 unspecified atom stereocenters. The zero-order valence-corrected chi connectivity index (χ0v) is 19.2. The molecule has 0 bridgehead atoms. The maximum atomic E-state index is 13.1. The molecule has 0 aliphatic carbocycles. The average molecular weight is 486 g/mol. The van der Waals surface area contributed by atoms with Crippen molar-refractivity contribution < 1.29 is 9.53 Å². The number of ether oxygens (including phenoxy) is 1. The number of aromatic nitrogens is 2. The summed E-state index contributed by atoms with van der Waals surface area (Å²) in [6.07, 6.45) is 2.94. The Balaban J connectivity index is 2.09. The smallest absolute Gasteiger partial charge is 0.282 e. The van der Waals surface area contributed by atoms with Crippen LogP contribution in [0, 0.1) is 0 Å². The largest absolute Gasteiger partial charge is 0.483 e. The molecule has 2 aromatic carbocycles. The second-order valence-electron chi connectivity index (χ2n) is 7.17. The van der Waals surface area contributed by atoms with E-state index in [9.17, 15) is 9.59 Å². The minimum Gasteiger partial charge on any atom is -0.483 e. The summed E-state index contributed by atoms with van der Waals surface area (Å²) in [5, 5.41) is 4.90. The van der Waals surface area contributed by atoms with Gasteiger partial charge in [0.05, 0.1) is 17.1 Å². The van der Waals surface area contributed by atoms with Crippen molar-refractivity contribution in [2.24, 2.45) is 10.8 Å². The molecule has 0 fully saturated rings. The Morgan fingerprint density at radius 1 is 1.29 bits per heavy atom. The third-order valence-electron chi connectivity index (χ3n) is 4.54. The summed E-state index contributed by atoms with van der Waals surface area (Å²) in [6.45, 7) is 1.76. The van der Waals surface area contributed by atoms with Crippen molar-refractivity contribution in [2.45, 2.75) is 19.8 Å². The summed E-state index contributed by atoms with van der Waals surface area (Å²) in [5.74, 6) is 0.433. The summed E-state index contributed by atoms with van der Waals surface area (Å²) >= 11 is 3.40. The van der Waals surface area contributed by atoms with E-state index in [1.54, 1.807) is 12.1 Å². The third kappa shape index (κ3) is 5.29. The lowest BCUT2D eigenvalue weighted by Crippen LogP contribution is -2.23. The Kier molecular flexibility index (Phi) is 7.06. The number of aryl methyl sites for hydroxylation is 1. The van der Waals surface area contributed by atoms with E-state index < -0.39 is 5.91 Å². The monoisotopic (exact) mass is 485 g/mol. The fourth-order valence-corrected chi connectivity index (χ4v) is 3.36. The molecule has 0 saturated carbocycles. The highest BCUT2D eigenvalue weighted by Gasteiger charge is 2.12. The van der Waals surface area contributed by atoms with Gasteiger partial charge in [-0.05, 0) is 36.8 Å². The van der Waals surface area contributed by atoms with Crippen LogP contribution >= 0.6 is 15.9 Å². The van der Waals surface area contributed by atoms with Gasteiger partial charge in [0, 0.05) is 42.3 Å². The molecule has 8 nitrogen and oxygen atoms in total. The first-order valence-electron chi connectivity index (χ1n) is 9.78. The van der Waals surface area contributed by atoms with Crippen LogP contribution in [0.2, 0.25) is 0 Å². The van der Waals surface area contributed by atoms with E-state index >= 15 is 0 Å². The van der Waals surface area contributed by atoms with E-state index in [0.29, 0.717) is 34.5 Å². The molecule has 9 heteroatoms. The van der Waals surface area contributed by atoms with E-state index in [1.807, 2.05) is 50.2 Å². The lowest BCUT2D eigenvalue weighted by molar-refractivity contribution is -0.119. The number of halogens is 1. The van der Waals surface area contributed by atoms with Crippen LogP contribution in [0.25, 0.3) is 10.9 Å². The van der Waals surface area contributed by atoms with Crippen molar-refractivity contribution in [2.75, 3.05) is 25.6 Å². The van der Waals surface area contributed by atoms with Crippen LogP contribution < -0.4 is 20.9 Å². The molecule has 31 heavy (non-hydrogen) atoms. The standard InChI is InChI=1S/C22H24BrN5O3/c1-4-5-21-26-18-9-7-15(23)10-17(18)22(30)28(21)25-12-14-6-8-16(27(2)3)11-19(14)31-13-20(24)29/h6-12H,4-5,13H2,1-3H3,(H2,24,29). The van der Waals surface area contributed by atoms with E-state index in [1.165, 1.54) is 10.9 Å². The van der Waals surface area contributed by atoms with Crippen LogP contribution in [-0.4, -0.2) is 42.5 Å². The fraction of sp³-hybridized carbons (Fsp3) is 0.273. The highest BCUT2D eigenvalue weighted by atomic mass is 79.9. The topological polar surface area (TPSA) is 103 Å². The zero-order valence-electron chi connectivity index (χ0n) is 17.6. The van der Waals surface area contributed by atoms with Gasteiger partial charge in [-0.2, -0.15) is 9.78 Å². The molecular formula is C22H24BrN5O3. The van der Waals surface area contributed by atoms with Gasteiger partial charge in [-0.1, -0.05) is 22.9 Å². The number of primary amides is 1. The molecule has 0 spiro atoms. The van der Waals surface area contributed by atoms with Crippen molar-refractivity contribution in [1.82, 2.24) is 9.66 Å². The van der Waals surface area contributed by atoms with Crippen molar-refractivity contribution >= 4 is 44.6 Å². The zero-order chi connectivity index (χ0) is 22.5. The number of hydrogen-bond donors (Lipinski definition) is 1. The van der Waals surface area contributed by atoms with Gasteiger partial charge < -0.3 is 15.4 Å². The Bertz CT molecular complexity index is 1200. The van der Waals surface area contributed by atoms with Gasteiger partial charge in [-0.3, -0.25) is 9.59 Å². The van der Waals surface area contributed by atoms with Crippen molar-refractivity contribution in [3.63, 3.8) is 0 Å². The van der Waals surface area contributed by atoms with Crippen LogP contribution in [0.15, 0.2) is 50.8 Å². The number of benzene rings is 2. The quantitative estimate of drug-likeness (QED) is 0.494. The van der Waals surface area contributed by atoms with E-state index in [4.69, 9.17) is 10.5 Å². The number of nitrogens with two attached hydrogens (primary N) is 1. The number of carbonyl (C=O) groups excluding carboxylic acids is 1. The molecule has 162 valence electrons. The first-order valence-corrected chi connectivity index (χ1v) is 10.6. The van der Waals surface area contributed by atoms with E-state index in [2.05, 4.69) is 26.0 Å². The van der Waals surface area contributed by atoms with Gasteiger partial charge >= 0.3 is 0 Å². The molecule has 3 aromatic rings. The Labute approximate surface area is 188 Å². The second kappa shape index (κ2) is 9.74. The van der Waals surface area contributed by atoms with Crippen LogP contribution in [0.3, 0.4) is 0 Å². The number of hydrogen-bond acceptors (Lipinski definition) is 6. The Morgan fingerprint density at radius 3 is 2.74 bits per heavy atom. The molecule has 1 heterocycles. The molecule has 0 radical (unpaired) electrons. The van der Waals surface area contributed by atoms with E-state index in [0.717, 1.165) is 16.6 Å². The fourth-order valence-electron chi connectivity index (χ4n) is 3.00. The van der Waals surface area contributed by atoms with Gasteiger partial charge in [-0.15, -0.1) is 0 Å². The predicted octanol–water partition coefficient (Wildman–Crippen LogP) is 2.92. The number of amides is 1. The maximum Gasteiger partial charge on any atom is 0.282 e. The maximum absolute atomic E-state index is 13.1. The van der Waals surface area contributed by atoms with Gasteiger partial charge in [0.2, 0.25) is 0 Å². The average Bonchev–Trinajstić information content (AvgIpc) is 2.73. The van der Waals surface area contributed by atoms with Gasteiger partial charge in [0.15, 0.2) is 6.61 Å². The number of carbonyl (C=O) groups is 1. The lowest BCUT2D eigenvalue weighted by atomic mass is 10.2. The lowest BCUT2D eigenvalue weighted by Gasteiger charge is -2.15. The summed E-state index contributed by atoms with van der Waals surface area (Å²) in [6, 6.07) is 10.9. The van der Waals surface area contributed by atoms with Gasteiger partial charge in [0.25, 0.3) is 11.5 Å².